The number of para-hydroxylation sites is 1. The number of rotatable bonds is 8. The van der Waals surface area contributed by atoms with Gasteiger partial charge in [0, 0.05) is 34.1 Å². The second kappa shape index (κ2) is 12.1. The SMILES string of the molecule is O=C(CSc1nnc(C2CCCCC2)n1-c1ccccc1)Nc1ncc(Cc2cc(C(F)(F)F)ccc2Cl)s1. The molecule has 1 amide bonds. The van der Waals surface area contributed by atoms with Crippen LogP contribution in [0, 0.1) is 0 Å². The van der Waals surface area contributed by atoms with Gasteiger partial charge in [0.15, 0.2) is 10.3 Å². The van der Waals surface area contributed by atoms with Gasteiger partial charge >= 0.3 is 6.18 Å². The molecule has 2 heterocycles. The second-order valence-electron chi connectivity index (χ2n) is 9.30. The normalized spacial score (nSPS) is 14.5. The smallest absolute Gasteiger partial charge is 0.301 e. The van der Waals surface area contributed by atoms with Gasteiger partial charge in [0.1, 0.15) is 5.82 Å². The van der Waals surface area contributed by atoms with Gasteiger partial charge in [-0.25, -0.2) is 4.98 Å². The molecular weight excluding hydrogens is 567 g/mol. The molecule has 39 heavy (non-hydrogen) atoms. The zero-order valence-electron chi connectivity index (χ0n) is 20.7. The lowest BCUT2D eigenvalue weighted by atomic mass is 9.88. The van der Waals surface area contributed by atoms with Gasteiger partial charge in [0.05, 0.1) is 11.3 Å². The maximum Gasteiger partial charge on any atom is 0.416 e. The number of aromatic nitrogens is 4. The molecule has 0 unspecified atom stereocenters. The third-order valence-electron chi connectivity index (χ3n) is 6.51. The lowest BCUT2D eigenvalue weighted by Crippen LogP contribution is -2.15. The summed E-state index contributed by atoms with van der Waals surface area (Å²) in [7, 11) is 0. The zero-order chi connectivity index (χ0) is 27.4. The Bertz CT molecular complexity index is 1430. The van der Waals surface area contributed by atoms with Crippen molar-refractivity contribution >= 4 is 45.7 Å². The number of alkyl halides is 3. The number of thiazole rings is 1. The second-order valence-corrected chi connectivity index (χ2v) is 11.8. The molecule has 5 rings (SSSR count). The van der Waals surface area contributed by atoms with Gasteiger partial charge in [-0.2, -0.15) is 13.2 Å². The van der Waals surface area contributed by atoms with E-state index in [4.69, 9.17) is 11.6 Å². The minimum Gasteiger partial charge on any atom is -0.301 e. The molecule has 4 aromatic rings. The minimum atomic E-state index is -4.45. The van der Waals surface area contributed by atoms with Crippen molar-refractivity contribution in [1.82, 2.24) is 19.7 Å². The van der Waals surface area contributed by atoms with Crippen LogP contribution in [-0.2, 0) is 17.4 Å². The summed E-state index contributed by atoms with van der Waals surface area (Å²) in [5.74, 6) is 1.11. The molecule has 1 aliphatic rings. The van der Waals surface area contributed by atoms with Gasteiger partial charge in [-0.15, -0.1) is 21.5 Å². The number of nitrogens with zero attached hydrogens (tertiary/aromatic N) is 4. The summed E-state index contributed by atoms with van der Waals surface area (Å²) in [5, 5.41) is 13.0. The monoisotopic (exact) mass is 591 g/mol. The fraction of sp³-hybridized carbons (Fsp3) is 0.333. The van der Waals surface area contributed by atoms with E-state index >= 15 is 0 Å². The number of benzene rings is 2. The molecule has 0 radical (unpaired) electrons. The number of halogens is 4. The molecule has 1 fully saturated rings. The van der Waals surface area contributed by atoms with Crippen molar-refractivity contribution in [3.05, 3.63) is 81.6 Å². The van der Waals surface area contributed by atoms with Gasteiger partial charge in [-0.1, -0.05) is 60.8 Å². The molecular formula is C27H25ClF3N5OS2. The van der Waals surface area contributed by atoms with Crippen LogP contribution in [0.15, 0.2) is 59.9 Å². The number of thioether (sulfide) groups is 1. The van der Waals surface area contributed by atoms with E-state index in [1.165, 1.54) is 54.6 Å². The topological polar surface area (TPSA) is 72.7 Å². The van der Waals surface area contributed by atoms with Crippen LogP contribution in [0.25, 0.3) is 5.69 Å². The van der Waals surface area contributed by atoms with Gasteiger partial charge in [-0.05, 0) is 48.7 Å². The third-order valence-corrected chi connectivity index (χ3v) is 8.72. The fourth-order valence-corrected chi connectivity index (χ4v) is 6.42. The largest absolute Gasteiger partial charge is 0.416 e. The summed E-state index contributed by atoms with van der Waals surface area (Å²) in [6, 6.07) is 13.1. The first-order chi connectivity index (χ1) is 18.8. The van der Waals surface area contributed by atoms with E-state index in [0.717, 1.165) is 36.5 Å². The predicted octanol–water partition coefficient (Wildman–Crippen LogP) is 7.77. The molecule has 0 aliphatic heterocycles. The Kier molecular flexibility index (Phi) is 8.58. The summed E-state index contributed by atoms with van der Waals surface area (Å²) < 4.78 is 41.3. The average Bonchev–Trinajstić information content (AvgIpc) is 3.56. The average molecular weight is 592 g/mol. The first kappa shape index (κ1) is 27.7. The van der Waals surface area contributed by atoms with Gasteiger partial charge in [0.25, 0.3) is 0 Å². The molecule has 1 aliphatic carbocycles. The van der Waals surface area contributed by atoms with Crippen LogP contribution in [0.3, 0.4) is 0 Å². The van der Waals surface area contributed by atoms with Crippen LogP contribution < -0.4 is 5.32 Å². The van der Waals surface area contributed by atoms with E-state index in [9.17, 15) is 18.0 Å². The molecule has 0 atom stereocenters. The van der Waals surface area contributed by atoms with Crippen LogP contribution in [0.5, 0.6) is 0 Å². The Labute approximate surface area is 237 Å². The summed E-state index contributed by atoms with van der Waals surface area (Å²) in [5.41, 5.74) is 0.549. The molecule has 12 heteroatoms. The minimum absolute atomic E-state index is 0.101. The number of anilines is 1. The predicted molar refractivity (Wildman–Crippen MR) is 148 cm³/mol. The molecule has 204 valence electrons. The molecule has 0 bridgehead atoms. The van der Waals surface area contributed by atoms with Crippen molar-refractivity contribution in [3.8, 4) is 5.69 Å². The van der Waals surface area contributed by atoms with Gasteiger partial charge in [-0.3, -0.25) is 9.36 Å². The maximum atomic E-state index is 13.1. The Hall–Kier alpha value is -2.89. The summed E-state index contributed by atoms with van der Waals surface area (Å²) in [4.78, 5) is 17.6. The third kappa shape index (κ3) is 6.82. The van der Waals surface area contributed by atoms with Crippen molar-refractivity contribution < 1.29 is 18.0 Å². The summed E-state index contributed by atoms with van der Waals surface area (Å²) in [6.07, 6.45) is 3.00. The summed E-state index contributed by atoms with van der Waals surface area (Å²) >= 11 is 8.62. The van der Waals surface area contributed by atoms with Crippen LogP contribution in [-0.4, -0.2) is 31.4 Å². The van der Waals surface area contributed by atoms with Crippen LogP contribution in [0.1, 0.15) is 59.9 Å². The Balaban J connectivity index is 1.24. The lowest BCUT2D eigenvalue weighted by molar-refractivity contribution is -0.137. The number of nitrogens with one attached hydrogen (secondary N) is 1. The van der Waals surface area contributed by atoms with E-state index in [-0.39, 0.29) is 23.1 Å². The number of carbonyl (C=O) groups is 1. The van der Waals surface area contributed by atoms with Crippen LogP contribution >= 0.6 is 34.7 Å². The number of hydrogen-bond acceptors (Lipinski definition) is 6. The highest BCUT2D eigenvalue weighted by atomic mass is 35.5. The molecule has 0 saturated heterocycles. The van der Waals surface area contributed by atoms with Crippen molar-refractivity contribution in [2.45, 2.75) is 55.8 Å². The standard InChI is InChI=1S/C27H25ClF3N5OS2/c28-22-12-11-19(27(29,30)31)13-18(22)14-21-15-32-25(39-21)33-23(37)16-38-26-35-34-24(17-7-3-1-4-8-17)36(26)20-9-5-2-6-10-20/h2,5-6,9-13,15,17H,1,3-4,7-8,14,16H2,(H,32,33,37). The van der Waals surface area contributed by atoms with Crippen LogP contribution in [0.2, 0.25) is 5.02 Å². The first-order valence-electron chi connectivity index (χ1n) is 12.5. The first-order valence-corrected chi connectivity index (χ1v) is 14.7. The summed E-state index contributed by atoms with van der Waals surface area (Å²) in [6.45, 7) is 0. The number of carbonyl (C=O) groups excluding carboxylic acids is 1. The van der Waals surface area contributed by atoms with E-state index in [2.05, 4.69) is 20.5 Å². The van der Waals surface area contributed by atoms with E-state index in [1.807, 2.05) is 34.9 Å². The number of amides is 1. The van der Waals surface area contributed by atoms with E-state index in [0.29, 0.717) is 26.6 Å². The van der Waals surface area contributed by atoms with Gasteiger partial charge in [0.2, 0.25) is 5.91 Å². The lowest BCUT2D eigenvalue weighted by Gasteiger charge is -2.22. The molecule has 2 aromatic heterocycles. The van der Waals surface area contributed by atoms with Crippen molar-refractivity contribution in [3.63, 3.8) is 0 Å². The highest BCUT2D eigenvalue weighted by Gasteiger charge is 2.31. The quantitative estimate of drug-likeness (QED) is 0.212. The fourth-order valence-electron chi connectivity index (χ4n) is 4.63. The highest BCUT2D eigenvalue weighted by Crippen LogP contribution is 2.36. The van der Waals surface area contributed by atoms with Gasteiger partial charge < -0.3 is 5.32 Å². The Morgan fingerprint density at radius 3 is 2.62 bits per heavy atom. The van der Waals surface area contributed by atoms with Crippen molar-refractivity contribution in [2.24, 2.45) is 0 Å². The molecule has 2 aromatic carbocycles. The van der Waals surface area contributed by atoms with Crippen molar-refractivity contribution in [1.29, 1.82) is 0 Å². The Morgan fingerprint density at radius 2 is 1.87 bits per heavy atom. The van der Waals surface area contributed by atoms with E-state index < -0.39 is 11.7 Å². The number of hydrogen-bond donors (Lipinski definition) is 1. The molecule has 6 nitrogen and oxygen atoms in total. The molecule has 1 N–H and O–H groups in total. The van der Waals surface area contributed by atoms with Crippen molar-refractivity contribution in [2.75, 3.05) is 11.1 Å². The molecule has 1 saturated carbocycles. The maximum absolute atomic E-state index is 13.1. The Morgan fingerprint density at radius 1 is 1.10 bits per heavy atom. The van der Waals surface area contributed by atoms with Crippen LogP contribution in [0.4, 0.5) is 18.3 Å². The van der Waals surface area contributed by atoms with E-state index in [1.54, 1.807) is 0 Å². The highest BCUT2D eigenvalue weighted by molar-refractivity contribution is 7.99. The molecule has 0 spiro atoms. The zero-order valence-corrected chi connectivity index (χ0v) is 23.1.